The quantitative estimate of drug-likeness (QED) is 0.840. The molecule has 0 radical (unpaired) electrons. The molecule has 0 unspecified atom stereocenters. The van der Waals surface area contributed by atoms with Crippen molar-refractivity contribution in [2.45, 2.75) is 17.9 Å². The number of benzene rings is 1. The zero-order chi connectivity index (χ0) is 15.6. The average Bonchev–Trinajstić information content (AvgIpc) is 2.49. The standard InChI is InChI=1S/C13H15F2N3O2S/c1-10(9-16)17-4-6-18(7-5-17)21(19,20)13-8-11(14)2-3-12(13)15/h2-3,8,10H,4-7H2,1H3/t10-/m0/s1. The van der Waals surface area contributed by atoms with E-state index in [1.165, 1.54) is 0 Å². The molecule has 0 spiro atoms. The minimum Gasteiger partial charge on any atom is -0.286 e. The Morgan fingerprint density at radius 1 is 1.24 bits per heavy atom. The van der Waals surface area contributed by atoms with Crippen LogP contribution in [0.25, 0.3) is 0 Å². The zero-order valence-electron chi connectivity index (χ0n) is 11.5. The summed E-state index contributed by atoms with van der Waals surface area (Å²) >= 11 is 0. The first-order valence-corrected chi connectivity index (χ1v) is 7.89. The van der Waals surface area contributed by atoms with Crippen molar-refractivity contribution in [2.75, 3.05) is 26.2 Å². The molecular weight excluding hydrogens is 300 g/mol. The van der Waals surface area contributed by atoms with E-state index in [1.807, 2.05) is 4.90 Å². The van der Waals surface area contributed by atoms with E-state index in [9.17, 15) is 17.2 Å². The van der Waals surface area contributed by atoms with Gasteiger partial charge in [0.05, 0.1) is 12.1 Å². The highest BCUT2D eigenvalue weighted by atomic mass is 32.2. The molecule has 2 rings (SSSR count). The van der Waals surface area contributed by atoms with E-state index in [2.05, 4.69) is 6.07 Å². The Labute approximate surface area is 122 Å². The third kappa shape index (κ3) is 3.20. The van der Waals surface area contributed by atoms with E-state index < -0.39 is 26.6 Å². The lowest BCUT2D eigenvalue weighted by molar-refractivity contribution is 0.169. The molecule has 0 aliphatic carbocycles. The minimum atomic E-state index is -4.06. The van der Waals surface area contributed by atoms with Crippen LogP contribution in [-0.2, 0) is 10.0 Å². The van der Waals surface area contributed by atoms with Gasteiger partial charge in [-0.2, -0.15) is 9.57 Å². The molecule has 114 valence electrons. The van der Waals surface area contributed by atoms with Crippen molar-refractivity contribution in [3.05, 3.63) is 29.8 Å². The number of nitrogens with zero attached hydrogens (tertiary/aromatic N) is 3. The number of piperazine rings is 1. The first-order valence-electron chi connectivity index (χ1n) is 6.45. The molecule has 0 bridgehead atoms. The van der Waals surface area contributed by atoms with Crippen LogP contribution in [0.5, 0.6) is 0 Å². The molecule has 1 aliphatic rings. The maximum absolute atomic E-state index is 13.7. The SMILES string of the molecule is C[C@@H](C#N)N1CCN(S(=O)(=O)c2cc(F)ccc2F)CC1. The van der Waals surface area contributed by atoms with Crippen molar-refractivity contribution in [3.63, 3.8) is 0 Å². The minimum absolute atomic E-state index is 0.143. The summed E-state index contributed by atoms with van der Waals surface area (Å²) in [6.07, 6.45) is 0. The lowest BCUT2D eigenvalue weighted by atomic mass is 10.2. The monoisotopic (exact) mass is 315 g/mol. The molecule has 0 saturated carbocycles. The Hall–Kier alpha value is -1.56. The molecule has 5 nitrogen and oxygen atoms in total. The maximum atomic E-state index is 13.7. The van der Waals surface area contributed by atoms with Crippen molar-refractivity contribution >= 4 is 10.0 Å². The maximum Gasteiger partial charge on any atom is 0.246 e. The molecule has 1 heterocycles. The fourth-order valence-electron chi connectivity index (χ4n) is 2.23. The number of sulfonamides is 1. The van der Waals surface area contributed by atoms with Crippen LogP contribution >= 0.6 is 0 Å². The second kappa shape index (κ2) is 6.05. The van der Waals surface area contributed by atoms with Gasteiger partial charge >= 0.3 is 0 Å². The highest BCUT2D eigenvalue weighted by molar-refractivity contribution is 7.89. The van der Waals surface area contributed by atoms with Gasteiger partial charge in [-0.05, 0) is 25.1 Å². The van der Waals surface area contributed by atoms with Crippen molar-refractivity contribution in [3.8, 4) is 6.07 Å². The average molecular weight is 315 g/mol. The summed E-state index contributed by atoms with van der Waals surface area (Å²) in [5.74, 6) is -1.77. The second-order valence-electron chi connectivity index (χ2n) is 4.82. The topological polar surface area (TPSA) is 64.4 Å². The summed E-state index contributed by atoms with van der Waals surface area (Å²) in [6.45, 7) is 2.78. The van der Waals surface area contributed by atoms with Gasteiger partial charge in [0.1, 0.15) is 16.5 Å². The molecule has 1 atom stereocenters. The summed E-state index contributed by atoms with van der Waals surface area (Å²) in [5.41, 5.74) is 0. The largest absolute Gasteiger partial charge is 0.286 e. The number of hydrogen-bond donors (Lipinski definition) is 0. The smallest absolute Gasteiger partial charge is 0.246 e. The van der Waals surface area contributed by atoms with E-state index in [0.29, 0.717) is 19.2 Å². The third-order valence-electron chi connectivity index (χ3n) is 3.52. The predicted molar refractivity (Wildman–Crippen MR) is 71.8 cm³/mol. The number of rotatable bonds is 3. The Morgan fingerprint density at radius 2 is 1.86 bits per heavy atom. The van der Waals surface area contributed by atoms with Gasteiger partial charge < -0.3 is 0 Å². The molecule has 1 aliphatic heterocycles. The van der Waals surface area contributed by atoms with E-state index in [1.54, 1.807) is 6.92 Å². The number of hydrogen-bond acceptors (Lipinski definition) is 4. The van der Waals surface area contributed by atoms with Gasteiger partial charge in [0.2, 0.25) is 10.0 Å². The highest BCUT2D eigenvalue weighted by Gasteiger charge is 2.32. The van der Waals surface area contributed by atoms with Gasteiger partial charge in [0, 0.05) is 26.2 Å². The molecule has 1 aromatic carbocycles. The zero-order valence-corrected chi connectivity index (χ0v) is 12.3. The van der Waals surface area contributed by atoms with Crippen molar-refractivity contribution in [1.29, 1.82) is 5.26 Å². The van der Waals surface area contributed by atoms with E-state index in [0.717, 1.165) is 16.4 Å². The first-order chi connectivity index (χ1) is 9.86. The van der Waals surface area contributed by atoms with Crippen LogP contribution in [0.15, 0.2) is 23.1 Å². The lowest BCUT2D eigenvalue weighted by Gasteiger charge is -2.35. The Bertz CT molecular complexity index is 664. The van der Waals surface area contributed by atoms with E-state index >= 15 is 0 Å². The summed E-state index contributed by atoms with van der Waals surface area (Å²) in [6, 6.07) is 4.15. The van der Waals surface area contributed by atoms with Gasteiger partial charge in [-0.25, -0.2) is 17.2 Å². The fraction of sp³-hybridized carbons (Fsp3) is 0.462. The van der Waals surface area contributed by atoms with Crippen LogP contribution < -0.4 is 0 Å². The van der Waals surface area contributed by atoms with Crippen molar-refractivity contribution in [2.24, 2.45) is 0 Å². The van der Waals surface area contributed by atoms with Gasteiger partial charge in [0.25, 0.3) is 0 Å². The van der Waals surface area contributed by atoms with E-state index in [4.69, 9.17) is 5.26 Å². The highest BCUT2D eigenvalue weighted by Crippen LogP contribution is 2.22. The molecule has 0 N–H and O–H groups in total. The van der Waals surface area contributed by atoms with Crippen LogP contribution in [0.2, 0.25) is 0 Å². The molecule has 1 saturated heterocycles. The normalized spacial score (nSPS) is 19.1. The molecule has 0 amide bonds. The molecule has 1 aromatic rings. The van der Waals surface area contributed by atoms with Gasteiger partial charge in [-0.15, -0.1) is 0 Å². The van der Waals surface area contributed by atoms with Crippen LogP contribution in [0.3, 0.4) is 0 Å². The molecular formula is C13H15F2N3O2S. The first kappa shape index (κ1) is 15.8. The van der Waals surface area contributed by atoms with Crippen LogP contribution in [0.4, 0.5) is 8.78 Å². The van der Waals surface area contributed by atoms with Gasteiger partial charge in [0.15, 0.2) is 0 Å². The Morgan fingerprint density at radius 3 is 2.43 bits per heavy atom. The van der Waals surface area contributed by atoms with Gasteiger partial charge in [-0.3, -0.25) is 4.90 Å². The lowest BCUT2D eigenvalue weighted by Crippen LogP contribution is -2.51. The summed E-state index contributed by atoms with van der Waals surface area (Å²) in [5, 5.41) is 8.84. The van der Waals surface area contributed by atoms with Crippen LogP contribution in [0.1, 0.15) is 6.92 Å². The fourth-order valence-corrected chi connectivity index (χ4v) is 3.73. The van der Waals surface area contributed by atoms with Crippen molar-refractivity contribution < 1.29 is 17.2 Å². The summed E-state index contributed by atoms with van der Waals surface area (Å²) in [4.78, 5) is 1.19. The predicted octanol–water partition coefficient (Wildman–Crippen LogP) is 1.18. The van der Waals surface area contributed by atoms with Crippen LogP contribution in [0, 0.1) is 23.0 Å². The second-order valence-corrected chi connectivity index (χ2v) is 6.73. The van der Waals surface area contributed by atoms with Crippen LogP contribution in [-0.4, -0.2) is 49.8 Å². The van der Waals surface area contributed by atoms with Crippen molar-refractivity contribution in [1.82, 2.24) is 9.21 Å². The van der Waals surface area contributed by atoms with Gasteiger partial charge in [-0.1, -0.05) is 0 Å². The third-order valence-corrected chi connectivity index (χ3v) is 5.43. The summed E-state index contributed by atoms with van der Waals surface area (Å²) in [7, 11) is -4.06. The molecule has 1 fully saturated rings. The molecule has 8 heteroatoms. The number of halogens is 2. The summed E-state index contributed by atoms with van der Waals surface area (Å²) < 4.78 is 52.6. The Balaban J connectivity index is 2.19. The number of nitriles is 1. The van der Waals surface area contributed by atoms with E-state index in [-0.39, 0.29) is 19.1 Å². The molecule has 0 aromatic heterocycles. The Kier molecular flexibility index (Phi) is 4.56. The molecule has 21 heavy (non-hydrogen) atoms.